The normalized spacial score (nSPS) is 10.9. The fourth-order valence-corrected chi connectivity index (χ4v) is 4.17. The number of hydrogen-bond acceptors (Lipinski definition) is 5. The van der Waals surface area contributed by atoms with Gasteiger partial charge in [0.1, 0.15) is 5.82 Å². The number of carbonyl (C=O) groups is 1. The summed E-state index contributed by atoms with van der Waals surface area (Å²) in [4.78, 5) is 41.3. The van der Waals surface area contributed by atoms with E-state index in [4.69, 9.17) is 5.73 Å². The summed E-state index contributed by atoms with van der Waals surface area (Å²) in [6.45, 7) is 1.13. The zero-order valence-electron chi connectivity index (χ0n) is 20.0. The molecule has 0 saturated carbocycles. The van der Waals surface area contributed by atoms with Gasteiger partial charge in [-0.25, -0.2) is 4.98 Å². The maximum absolute atomic E-state index is 12.8. The topological polar surface area (TPSA) is 112 Å². The molecule has 0 radical (unpaired) electrons. The van der Waals surface area contributed by atoms with Crippen LogP contribution in [0.25, 0.3) is 10.8 Å². The number of amides is 1. The van der Waals surface area contributed by atoms with Crippen molar-refractivity contribution < 1.29 is 4.79 Å². The van der Waals surface area contributed by atoms with Gasteiger partial charge in [0, 0.05) is 42.7 Å². The number of pyridine rings is 3. The average molecular weight is 492 g/mol. The van der Waals surface area contributed by atoms with Gasteiger partial charge >= 0.3 is 0 Å². The van der Waals surface area contributed by atoms with Crippen LogP contribution in [-0.4, -0.2) is 20.0 Å². The summed E-state index contributed by atoms with van der Waals surface area (Å²) in [7, 11) is 0. The number of nitrogens with zero attached hydrogens (tertiary/aromatic N) is 3. The van der Waals surface area contributed by atoms with Gasteiger partial charge in [0.05, 0.1) is 18.7 Å². The summed E-state index contributed by atoms with van der Waals surface area (Å²) >= 11 is 0. The first-order valence-corrected chi connectivity index (χ1v) is 11.8. The van der Waals surface area contributed by atoms with Gasteiger partial charge < -0.3 is 20.2 Å². The summed E-state index contributed by atoms with van der Waals surface area (Å²) in [5.74, 6) is 0.198. The highest BCUT2D eigenvalue weighted by atomic mass is 16.2. The lowest BCUT2D eigenvalue weighted by atomic mass is 10.1. The van der Waals surface area contributed by atoms with Gasteiger partial charge in [-0.3, -0.25) is 14.4 Å². The van der Waals surface area contributed by atoms with Gasteiger partial charge in [0.15, 0.2) is 0 Å². The number of benzene rings is 2. The standard InChI is InChI=1S/C29H25N5O3/c30-28-25-10-8-22(15-23(25)12-13-31-28)16-32-29(37)24-9-11-27(36)34(19-24)18-21-6-4-20(5-7-21)17-33-14-2-1-3-26(33)35/h1-15,19H,16-18H2,(H2,30,31)(H,32,37). The lowest BCUT2D eigenvalue weighted by Crippen LogP contribution is -2.26. The second-order valence-corrected chi connectivity index (χ2v) is 8.80. The molecule has 3 aromatic heterocycles. The van der Waals surface area contributed by atoms with E-state index in [1.807, 2.05) is 54.6 Å². The first kappa shape index (κ1) is 23.7. The van der Waals surface area contributed by atoms with E-state index in [2.05, 4.69) is 10.3 Å². The van der Waals surface area contributed by atoms with Crippen LogP contribution in [0.2, 0.25) is 0 Å². The van der Waals surface area contributed by atoms with Gasteiger partial charge in [0.2, 0.25) is 0 Å². The molecule has 0 saturated heterocycles. The van der Waals surface area contributed by atoms with Crippen molar-refractivity contribution in [2.24, 2.45) is 0 Å². The van der Waals surface area contributed by atoms with Crippen LogP contribution in [0.4, 0.5) is 5.82 Å². The predicted octanol–water partition coefficient (Wildman–Crippen LogP) is 3.17. The van der Waals surface area contributed by atoms with E-state index in [1.54, 1.807) is 29.2 Å². The van der Waals surface area contributed by atoms with Crippen molar-refractivity contribution in [2.45, 2.75) is 19.6 Å². The van der Waals surface area contributed by atoms with Crippen molar-refractivity contribution in [1.29, 1.82) is 0 Å². The minimum Gasteiger partial charge on any atom is -0.383 e. The van der Waals surface area contributed by atoms with Crippen molar-refractivity contribution in [2.75, 3.05) is 5.73 Å². The van der Waals surface area contributed by atoms with E-state index in [0.29, 0.717) is 31.0 Å². The van der Waals surface area contributed by atoms with Crippen molar-refractivity contribution in [1.82, 2.24) is 19.4 Å². The van der Waals surface area contributed by atoms with Gasteiger partial charge in [-0.2, -0.15) is 0 Å². The second kappa shape index (κ2) is 10.3. The molecule has 3 N–H and O–H groups in total. The number of aromatic nitrogens is 3. The van der Waals surface area contributed by atoms with E-state index in [0.717, 1.165) is 27.5 Å². The highest BCUT2D eigenvalue weighted by Gasteiger charge is 2.09. The molecule has 0 fully saturated rings. The molecular weight excluding hydrogens is 466 g/mol. The molecule has 0 aliphatic heterocycles. The third-order valence-corrected chi connectivity index (χ3v) is 6.19. The fourth-order valence-electron chi connectivity index (χ4n) is 4.17. The molecule has 0 atom stereocenters. The molecule has 8 heteroatoms. The molecule has 0 unspecified atom stereocenters. The number of rotatable bonds is 7. The summed E-state index contributed by atoms with van der Waals surface area (Å²) in [5, 5.41) is 4.73. The Hall–Kier alpha value is -4.98. The summed E-state index contributed by atoms with van der Waals surface area (Å²) in [5.41, 5.74) is 8.87. The Labute approximate surface area is 212 Å². The number of nitrogens with two attached hydrogens (primary N) is 1. The smallest absolute Gasteiger partial charge is 0.253 e. The molecule has 1 amide bonds. The Morgan fingerprint density at radius 2 is 1.51 bits per heavy atom. The Morgan fingerprint density at radius 3 is 2.27 bits per heavy atom. The monoisotopic (exact) mass is 491 g/mol. The molecule has 0 spiro atoms. The van der Waals surface area contributed by atoms with E-state index >= 15 is 0 Å². The van der Waals surface area contributed by atoms with Crippen molar-refractivity contribution in [3.05, 3.63) is 140 Å². The molecule has 0 aliphatic carbocycles. The van der Waals surface area contributed by atoms with Crippen molar-refractivity contribution in [3.8, 4) is 0 Å². The number of carbonyl (C=O) groups excluding carboxylic acids is 1. The summed E-state index contributed by atoms with van der Waals surface area (Å²) in [6, 6.07) is 23.3. The average Bonchev–Trinajstić information content (AvgIpc) is 2.91. The van der Waals surface area contributed by atoms with Crippen LogP contribution in [0, 0.1) is 0 Å². The highest BCUT2D eigenvalue weighted by Crippen LogP contribution is 2.20. The van der Waals surface area contributed by atoms with Gasteiger partial charge in [0.25, 0.3) is 17.0 Å². The van der Waals surface area contributed by atoms with Gasteiger partial charge in [-0.15, -0.1) is 0 Å². The molecule has 0 aliphatic rings. The SMILES string of the molecule is Nc1nccc2cc(CNC(=O)c3ccc(=O)n(Cc4ccc(Cn5ccccc5=O)cc4)c3)ccc12. The quantitative estimate of drug-likeness (QED) is 0.363. The third kappa shape index (κ3) is 5.48. The molecule has 5 aromatic rings. The van der Waals surface area contributed by atoms with Crippen LogP contribution in [0.5, 0.6) is 0 Å². The van der Waals surface area contributed by atoms with Crippen LogP contribution in [0.1, 0.15) is 27.0 Å². The first-order valence-electron chi connectivity index (χ1n) is 11.8. The molecule has 5 rings (SSSR count). The van der Waals surface area contributed by atoms with Gasteiger partial charge in [-0.1, -0.05) is 42.5 Å². The lowest BCUT2D eigenvalue weighted by molar-refractivity contribution is 0.0950. The molecule has 0 bridgehead atoms. The summed E-state index contributed by atoms with van der Waals surface area (Å²) in [6.07, 6.45) is 4.98. The van der Waals surface area contributed by atoms with Crippen molar-refractivity contribution in [3.63, 3.8) is 0 Å². The minimum atomic E-state index is -0.272. The Bertz CT molecular complexity index is 1700. The number of fused-ring (bicyclic) bond motifs is 1. The molecule has 37 heavy (non-hydrogen) atoms. The van der Waals surface area contributed by atoms with Crippen LogP contribution in [0.3, 0.4) is 0 Å². The molecular formula is C29H25N5O3. The molecule has 184 valence electrons. The van der Waals surface area contributed by atoms with E-state index in [9.17, 15) is 14.4 Å². The highest BCUT2D eigenvalue weighted by molar-refractivity contribution is 5.94. The Kier molecular flexibility index (Phi) is 6.63. The van der Waals surface area contributed by atoms with E-state index < -0.39 is 0 Å². The minimum absolute atomic E-state index is 0.0594. The number of hydrogen-bond donors (Lipinski definition) is 2. The Morgan fingerprint density at radius 1 is 0.811 bits per heavy atom. The number of anilines is 1. The maximum Gasteiger partial charge on any atom is 0.253 e. The zero-order chi connectivity index (χ0) is 25.8. The van der Waals surface area contributed by atoms with Gasteiger partial charge in [-0.05, 0) is 46.3 Å². The van der Waals surface area contributed by atoms with Crippen LogP contribution >= 0.6 is 0 Å². The third-order valence-electron chi connectivity index (χ3n) is 6.19. The Balaban J connectivity index is 1.25. The molecule has 2 aromatic carbocycles. The molecule has 8 nitrogen and oxygen atoms in total. The van der Waals surface area contributed by atoms with Crippen LogP contribution in [0.15, 0.2) is 107 Å². The number of nitrogen functional groups attached to an aromatic ring is 1. The predicted molar refractivity (Wildman–Crippen MR) is 143 cm³/mol. The van der Waals surface area contributed by atoms with Crippen molar-refractivity contribution >= 4 is 22.5 Å². The summed E-state index contributed by atoms with van der Waals surface area (Å²) < 4.78 is 3.14. The van der Waals surface area contributed by atoms with E-state index in [-0.39, 0.29) is 17.0 Å². The van der Waals surface area contributed by atoms with Crippen LogP contribution < -0.4 is 22.2 Å². The lowest BCUT2D eigenvalue weighted by Gasteiger charge is -2.11. The largest absolute Gasteiger partial charge is 0.383 e. The zero-order valence-corrected chi connectivity index (χ0v) is 20.0. The second-order valence-electron chi connectivity index (χ2n) is 8.80. The maximum atomic E-state index is 12.8. The fraction of sp³-hybridized carbons (Fsp3) is 0.103. The van der Waals surface area contributed by atoms with Crippen LogP contribution in [-0.2, 0) is 19.6 Å². The first-order chi connectivity index (χ1) is 18.0. The molecule has 3 heterocycles. The number of nitrogens with one attached hydrogen (secondary N) is 1. The van der Waals surface area contributed by atoms with E-state index in [1.165, 1.54) is 22.8 Å².